The van der Waals surface area contributed by atoms with Crippen LogP contribution in [0.15, 0.2) is 66.7 Å². The Labute approximate surface area is 146 Å². The first-order valence-corrected chi connectivity index (χ1v) is 8.55. The van der Waals surface area contributed by atoms with Crippen LogP contribution in [-0.2, 0) is 10.2 Å². The second-order valence-electron chi connectivity index (χ2n) is 5.90. The molecule has 0 saturated heterocycles. The van der Waals surface area contributed by atoms with Crippen molar-refractivity contribution in [2.45, 2.75) is 19.3 Å². The van der Waals surface area contributed by atoms with E-state index in [1.54, 1.807) is 24.3 Å². The Kier molecular flexibility index (Phi) is 4.33. The molecular formula is C21H17NOS. The summed E-state index contributed by atoms with van der Waals surface area (Å²) in [7, 11) is 0. The van der Waals surface area contributed by atoms with Gasteiger partial charge in [0.1, 0.15) is 5.78 Å². The van der Waals surface area contributed by atoms with Crippen LogP contribution in [0.4, 0.5) is 0 Å². The second kappa shape index (κ2) is 6.43. The monoisotopic (exact) mass is 331 g/mol. The maximum absolute atomic E-state index is 12.5. The summed E-state index contributed by atoms with van der Waals surface area (Å²) < 4.78 is 0. The molecule has 0 fully saturated rings. The Morgan fingerprint density at radius 2 is 1.79 bits per heavy atom. The van der Waals surface area contributed by atoms with E-state index in [1.165, 1.54) is 0 Å². The summed E-state index contributed by atoms with van der Waals surface area (Å²) in [4.78, 5) is 14.5. The molecule has 3 heteroatoms. The third kappa shape index (κ3) is 2.77. The lowest BCUT2D eigenvalue weighted by atomic mass is 9.78. The molecule has 1 atom stereocenters. The third-order valence-electron chi connectivity index (χ3n) is 4.43. The lowest BCUT2D eigenvalue weighted by Gasteiger charge is -2.26. The number of thiophene rings is 1. The molecule has 0 aliphatic heterocycles. The number of Topliss-reactive ketones (excluding diaryl/α,β-unsaturated/α-hetero) is 1. The van der Waals surface area contributed by atoms with E-state index < -0.39 is 5.41 Å². The van der Waals surface area contributed by atoms with E-state index in [-0.39, 0.29) is 5.78 Å². The van der Waals surface area contributed by atoms with E-state index in [9.17, 15) is 4.79 Å². The minimum Gasteiger partial charge on any atom is -0.299 e. The number of rotatable bonds is 4. The van der Waals surface area contributed by atoms with Crippen molar-refractivity contribution in [2.75, 3.05) is 0 Å². The molecule has 118 valence electrons. The highest BCUT2D eigenvalue weighted by molar-refractivity contribution is 7.15. The summed E-state index contributed by atoms with van der Waals surface area (Å²) in [5.41, 5.74) is 1.98. The highest BCUT2D eigenvalue weighted by Crippen LogP contribution is 2.40. The fraction of sp³-hybridized carbons (Fsp3) is 0.143. The van der Waals surface area contributed by atoms with Crippen molar-refractivity contribution in [1.82, 2.24) is 0 Å². The summed E-state index contributed by atoms with van der Waals surface area (Å²) in [6.07, 6.45) is 0. The van der Waals surface area contributed by atoms with E-state index >= 15 is 0 Å². The van der Waals surface area contributed by atoms with Crippen molar-refractivity contribution in [1.29, 1.82) is 5.26 Å². The summed E-state index contributed by atoms with van der Waals surface area (Å²) >= 11 is 1.61. The fourth-order valence-corrected chi connectivity index (χ4v) is 4.01. The number of nitriles is 1. The largest absolute Gasteiger partial charge is 0.299 e. The van der Waals surface area contributed by atoms with Crippen LogP contribution in [0.3, 0.4) is 0 Å². The standard InChI is InChI=1S/C21H17NOS/c1-15(23)21(2,18-9-4-3-5-10-18)20-12-11-19(24-20)17-8-6-7-16(13-17)14-22/h3-13H,1-2H3/t21-/m1/s1. The Balaban J connectivity index is 2.08. The first-order valence-electron chi connectivity index (χ1n) is 7.73. The molecule has 3 aromatic rings. The highest BCUT2D eigenvalue weighted by atomic mass is 32.1. The van der Waals surface area contributed by atoms with Gasteiger partial charge in [0.2, 0.25) is 0 Å². The maximum atomic E-state index is 12.5. The molecule has 0 spiro atoms. The van der Waals surface area contributed by atoms with Gasteiger partial charge in [-0.1, -0.05) is 42.5 Å². The van der Waals surface area contributed by atoms with Crippen LogP contribution in [0, 0.1) is 11.3 Å². The molecule has 0 amide bonds. The van der Waals surface area contributed by atoms with E-state index in [2.05, 4.69) is 6.07 Å². The van der Waals surface area contributed by atoms with Gasteiger partial charge in [-0.3, -0.25) is 4.79 Å². The second-order valence-corrected chi connectivity index (χ2v) is 6.99. The van der Waals surface area contributed by atoms with Gasteiger partial charge in [-0.05, 0) is 49.2 Å². The Morgan fingerprint density at radius 1 is 1.04 bits per heavy atom. The number of carbonyl (C=O) groups excluding carboxylic acids is 1. The molecule has 0 aliphatic carbocycles. The van der Waals surface area contributed by atoms with Gasteiger partial charge in [0.15, 0.2) is 0 Å². The lowest BCUT2D eigenvalue weighted by molar-refractivity contribution is -0.120. The van der Waals surface area contributed by atoms with Gasteiger partial charge in [-0.15, -0.1) is 11.3 Å². The number of hydrogen-bond acceptors (Lipinski definition) is 3. The number of benzene rings is 2. The molecule has 0 saturated carbocycles. The Hall–Kier alpha value is -2.70. The molecular weight excluding hydrogens is 314 g/mol. The van der Waals surface area contributed by atoms with Crippen LogP contribution < -0.4 is 0 Å². The maximum Gasteiger partial charge on any atom is 0.145 e. The molecule has 0 unspecified atom stereocenters. The predicted octanol–water partition coefficient (Wildman–Crippen LogP) is 5.18. The molecule has 24 heavy (non-hydrogen) atoms. The summed E-state index contributed by atoms with van der Waals surface area (Å²) in [6.45, 7) is 3.62. The number of carbonyl (C=O) groups is 1. The van der Waals surface area contributed by atoms with Gasteiger partial charge in [0, 0.05) is 9.75 Å². The highest BCUT2D eigenvalue weighted by Gasteiger charge is 2.35. The smallest absolute Gasteiger partial charge is 0.145 e. The van der Waals surface area contributed by atoms with Crippen LogP contribution >= 0.6 is 11.3 Å². The summed E-state index contributed by atoms with van der Waals surface area (Å²) in [6, 6.07) is 23.6. The molecule has 2 nitrogen and oxygen atoms in total. The fourth-order valence-electron chi connectivity index (χ4n) is 2.79. The van der Waals surface area contributed by atoms with E-state index in [0.717, 1.165) is 20.9 Å². The van der Waals surface area contributed by atoms with Crippen LogP contribution in [0.1, 0.15) is 29.9 Å². The minimum absolute atomic E-state index is 0.118. The number of ketones is 1. The van der Waals surface area contributed by atoms with Crippen molar-refractivity contribution in [3.8, 4) is 16.5 Å². The van der Waals surface area contributed by atoms with Gasteiger partial charge < -0.3 is 0 Å². The zero-order chi connectivity index (χ0) is 17.2. The van der Waals surface area contributed by atoms with Gasteiger partial charge >= 0.3 is 0 Å². The van der Waals surface area contributed by atoms with Crippen LogP contribution in [0.2, 0.25) is 0 Å². The lowest BCUT2D eigenvalue weighted by Crippen LogP contribution is -2.30. The number of hydrogen-bond donors (Lipinski definition) is 0. The average molecular weight is 331 g/mol. The Morgan fingerprint density at radius 3 is 2.46 bits per heavy atom. The zero-order valence-corrected chi connectivity index (χ0v) is 14.4. The molecule has 1 aromatic heterocycles. The van der Waals surface area contributed by atoms with Crippen molar-refractivity contribution in [2.24, 2.45) is 0 Å². The normalized spacial score (nSPS) is 13.0. The molecule has 0 radical (unpaired) electrons. The first-order chi connectivity index (χ1) is 11.6. The topological polar surface area (TPSA) is 40.9 Å². The molecule has 0 aliphatic rings. The van der Waals surface area contributed by atoms with Crippen LogP contribution in [-0.4, -0.2) is 5.78 Å². The van der Waals surface area contributed by atoms with E-state index in [4.69, 9.17) is 5.26 Å². The van der Waals surface area contributed by atoms with Crippen molar-refractivity contribution >= 4 is 17.1 Å². The van der Waals surface area contributed by atoms with Gasteiger partial charge in [-0.25, -0.2) is 0 Å². The van der Waals surface area contributed by atoms with Crippen LogP contribution in [0.25, 0.3) is 10.4 Å². The summed E-state index contributed by atoms with van der Waals surface area (Å²) in [5, 5.41) is 9.07. The van der Waals surface area contributed by atoms with Crippen molar-refractivity contribution in [3.63, 3.8) is 0 Å². The van der Waals surface area contributed by atoms with Gasteiger partial charge in [-0.2, -0.15) is 5.26 Å². The Bertz CT molecular complexity index is 920. The van der Waals surface area contributed by atoms with E-state index in [0.29, 0.717) is 5.56 Å². The zero-order valence-electron chi connectivity index (χ0n) is 13.6. The molecule has 1 heterocycles. The summed E-state index contributed by atoms with van der Waals surface area (Å²) in [5.74, 6) is 0.118. The molecule has 2 aromatic carbocycles. The number of nitrogens with zero attached hydrogens (tertiary/aromatic N) is 1. The van der Waals surface area contributed by atoms with E-state index in [1.807, 2.05) is 67.6 Å². The molecule has 3 rings (SSSR count). The third-order valence-corrected chi connectivity index (χ3v) is 5.79. The average Bonchev–Trinajstić information content (AvgIpc) is 3.12. The molecule has 0 N–H and O–H groups in total. The SMILES string of the molecule is CC(=O)[C@](C)(c1ccccc1)c1ccc(-c2cccc(C#N)c2)s1. The van der Waals surface area contributed by atoms with Crippen molar-refractivity contribution < 1.29 is 4.79 Å². The molecule has 0 bridgehead atoms. The quantitative estimate of drug-likeness (QED) is 0.661. The van der Waals surface area contributed by atoms with Gasteiger partial charge in [0.25, 0.3) is 0 Å². The predicted molar refractivity (Wildman–Crippen MR) is 98.0 cm³/mol. The van der Waals surface area contributed by atoms with Crippen molar-refractivity contribution in [3.05, 3.63) is 82.7 Å². The van der Waals surface area contributed by atoms with Crippen LogP contribution in [0.5, 0.6) is 0 Å². The minimum atomic E-state index is -0.656. The first kappa shape index (κ1) is 16.2. The van der Waals surface area contributed by atoms with Gasteiger partial charge in [0.05, 0.1) is 17.0 Å².